The molecule has 21 heavy (non-hydrogen) atoms. The summed E-state index contributed by atoms with van der Waals surface area (Å²) in [5.41, 5.74) is 2.50. The number of para-hydroxylation sites is 1. The molecule has 0 radical (unpaired) electrons. The van der Waals surface area contributed by atoms with Gasteiger partial charge in [-0.1, -0.05) is 48.9 Å². The number of nitrogens with zero attached hydrogens (tertiary/aromatic N) is 1. The Morgan fingerprint density at radius 3 is 2.62 bits per heavy atom. The van der Waals surface area contributed by atoms with E-state index in [2.05, 4.69) is 12.2 Å². The number of hydrogen-bond acceptors (Lipinski definition) is 2. The van der Waals surface area contributed by atoms with E-state index in [0.29, 0.717) is 17.1 Å². The number of nitrogens with one attached hydrogen (secondary N) is 1. The molecular weight excluding hydrogens is 284 g/mol. The topological polar surface area (TPSA) is 32.3 Å². The summed E-state index contributed by atoms with van der Waals surface area (Å²) >= 11 is 6.32. The van der Waals surface area contributed by atoms with Gasteiger partial charge < -0.3 is 10.2 Å². The highest BCUT2D eigenvalue weighted by molar-refractivity contribution is 6.31. The fraction of sp³-hybridized carbons (Fsp3) is 0.235. The van der Waals surface area contributed by atoms with Gasteiger partial charge in [0.15, 0.2) is 0 Å². The summed E-state index contributed by atoms with van der Waals surface area (Å²) in [5.74, 6) is 0.0520. The molecule has 0 saturated carbocycles. The van der Waals surface area contributed by atoms with Crippen LogP contribution in [-0.2, 0) is 0 Å². The zero-order valence-electron chi connectivity index (χ0n) is 11.8. The predicted molar refractivity (Wildman–Crippen MR) is 85.6 cm³/mol. The number of halogens is 1. The molecule has 4 heteroatoms. The highest BCUT2D eigenvalue weighted by atomic mass is 35.5. The van der Waals surface area contributed by atoms with Crippen LogP contribution in [0.4, 0.5) is 5.69 Å². The van der Waals surface area contributed by atoms with E-state index >= 15 is 0 Å². The third kappa shape index (κ3) is 2.49. The average molecular weight is 301 g/mol. The lowest BCUT2D eigenvalue weighted by molar-refractivity contribution is 0.0683. The molecule has 1 aliphatic rings. The minimum Gasteiger partial charge on any atom is -0.361 e. The monoisotopic (exact) mass is 300 g/mol. The Hall–Kier alpha value is -2.00. The van der Waals surface area contributed by atoms with Crippen LogP contribution in [0.25, 0.3) is 0 Å². The molecule has 2 aromatic carbocycles. The van der Waals surface area contributed by atoms with Crippen molar-refractivity contribution in [3.63, 3.8) is 0 Å². The lowest BCUT2D eigenvalue weighted by Gasteiger charge is -2.38. The quantitative estimate of drug-likeness (QED) is 0.915. The Bertz CT molecular complexity index is 671. The van der Waals surface area contributed by atoms with Crippen LogP contribution in [0.1, 0.15) is 35.4 Å². The van der Waals surface area contributed by atoms with Crippen LogP contribution in [0.3, 0.4) is 0 Å². The van der Waals surface area contributed by atoms with Crippen LogP contribution in [0.5, 0.6) is 0 Å². The average Bonchev–Trinajstić information content (AvgIpc) is 2.51. The lowest BCUT2D eigenvalue weighted by Crippen LogP contribution is -2.43. The van der Waals surface area contributed by atoms with Gasteiger partial charge in [0.2, 0.25) is 0 Å². The molecule has 1 amide bonds. The van der Waals surface area contributed by atoms with E-state index in [9.17, 15) is 4.79 Å². The number of rotatable bonds is 3. The van der Waals surface area contributed by atoms with Gasteiger partial charge in [0.05, 0.1) is 5.56 Å². The fourth-order valence-electron chi connectivity index (χ4n) is 2.71. The number of carbonyl (C=O) groups excluding carboxylic acids is 1. The van der Waals surface area contributed by atoms with Gasteiger partial charge in [-0.15, -0.1) is 0 Å². The summed E-state index contributed by atoms with van der Waals surface area (Å²) in [5, 5.41) is 4.11. The molecule has 108 valence electrons. The largest absolute Gasteiger partial charge is 0.361 e. The first-order valence-corrected chi connectivity index (χ1v) is 7.51. The van der Waals surface area contributed by atoms with Crippen molar-refractivity contribution in [2.75, 3.05) is 11.9 Å². The molecule has 1 aliphatic heterocycles. The molecular formula is C17H17ClN2O. The van der Waals surface area contributed by atoms with E-state index in [1.54, 1.807) is 0 Å². The molecule has 3 nitrogen and oxygen atoms in total. The van der Waals surface area contributed by atoms with Crippen LogP contribution in [0.2, 0.25) is 5.02 Å². The van der Waals surface area contributed by atoms with Crippen molar-refractivity contribution in [1.29, 1.82) is 0 Å². The highest BCUT2D eigenvalue weighted by Gasteiger charge is 2.32. The molecule has 0 aromatic heterocycles. The minimum absolute atomic E-state index is 0.0520. The summed E-state index contributed by atoms with van der Waals surface area (Å²) in [6.07, 6.45) is 0.678. The number of benzene rings is 2. The minimum atomic E-state index is -0.221. The normalized spacial score (nSPS) is 17.3. The Balaban J connectivity index is 2.07. The summed E-state index contributed by atoms with van der Waals surface area (Å²) in [4.78, 5) is 14.6. The standard InChI is InChI=1S/C17H17ClN2O/c1-2-11-20-16(12-7-3-5-9-14(12)18)19-15-10-6-4-8-13(15)17(20)21/h3-10,16,19H,2,11H2,1H3/t16-/m1/s1. The van der Waals surface area contributed by atoms with Gasteiger partial charge >= 0.3 is 0 Å². The van der Waals surface area contributed by atoms with Crippen molar-refractivity contribution < 1.29 is 4.79 Å². The zero-order valence-corrected chi connectivity index (χ0v) is 12.6. The van der Waals surface area contributed by atoms with Gasteiger partial charge in [0.25, 0.3) is 5.91 Å². The van der Waals surface area contributed by atoms with Crippen LogP contribution in [-0.4, -0.2) is 17.4 Å². The van der Waals surface area contributed by atoms with Gasteiger partial charge in [-0.3, -0.25) is 4.79 Å². The van der Waals surface area contributed by atoms with Crippen LogP contribution in [0.15, 0.2) is 48.5 Å². The van der Waals surface area contributed by atoms with Crippen molar-refractivity contribution in [1.82, 2.24) is 4.90 Å². The van der Waals surface area contributed by atoms with E-state index in [0.717, 1.165) is 17.7 Å². The Labute approximate surface area is 129 Å². The molecule has 0 spiro atoms. The summed E-state index contributed by atoms with van der Waals surface area (Å²) in [6, 6.07) is 15.3. The van der Waals surface area contributed by atoms with E-state index < -0.39 is 0 Å². The molecule has 2 aromatic rings. The molecule has 1 atom stereocenters. The first kappa shape index (κ1) is 14.0. The predicted octanol–water partition coefficient (Wildman–Crippen LogP) is 4.32. The van der Waals surface area contributed by atoms with Crippen molar-refractivity contribution in [3.8, 4) is 0 Å². The second kappa shape index (κ2) is 5.78. The maximum absolute atomic E-state index is 12.7. The second-order valence-corrected chi connectivity index (χ2v) is 5.52. The maximum atomic E-state index is 12.7. The van der Waals surface area contributed by atoms with Crippen molar-refractivity contribution in [3.05, 3.63) is 64.7 Å². The van der Waals surface area contributed by atoms with E-state index in [1.807, 2.05) is 53.4 Å². The lowest BCUT2D eigenvalue weighted by atomic mass is 10.0. The maximum Gasteiger partial charge on any atom is 0.257 e. The molecule has 3 rings (SSSR count). The molecule has 0 bridgehead atoms. The highest BCUT2D eigenvalue weighted by Crippen LogP contribution is 2.35. The zero-order chi connectivity index (χ0) is 14.8. The van der Waals surface area contributed by atoms with Crippen LogP contribution >= 0.6 is 11.6 Å². The first-order valence-electron chi connectivity index (χ1n) is 7.13. The fourth-order valence-corrected chi connectivity index (χ4v) is 2.95. The Morgan fingerprint density at radius 2 is 1.86 bits per heavy atom. The van der Waals surface area contributed by atoms with Crippen molar-refractivity contribution in [2.45, 2.75) is 19.5 Å². The Morgan fingerprint density at radius 1 is 1.14 bits per heavy atom. The van der Waals surface area contributed by atoms with Gasteiger partial charge in [-0.25, -0.2) is 0 Å². The van der Waals surface area contributed by atoms with Gasteiger partial charge in [0, 0.05) is 22.8 Å². The van der Waals surface area contributed by atoms with Gasteiger partial charge in [0.1, 0.15) is 6.17 Å². The summed E-state index contributed by atoms with van der Waals surface area (Å²) < 4.78 is 0. The smallest absolute Gasteiger partial charge is 0.257 e. The molecule has 1 N–H and O–H groups in total. The molecule has 1 heterocycles. The van der Waals surface area contributed by atoms with Crippen LogP contribution < -0.4 is 5.32 Å². The number of carbonyl (C=O) groups is 1. The first-order chi connectivity index (χ1) is 10.2. The van der Waals surface area contributed by atoms with Gasteiger partial charge in [-0.2, -0.15) is 0 Å². The number of fused-ring (bicyclic) bond motifs is 1. The van der Waals surface area contributed by atoms with Crippen molar-refractivity contribution in [2.24, 2.45) is 0 Å². The van der Waals surface area contributed by atoms with E-state index in [4.69, 9.17) is 11.6 Å². The molecule has 0 unspecified atom stereocenters. The molecule has 0 saturated heterocycles. The van der Waals surface area contributed by atoms with Crippen LogP contribution in [0, 0.1) is 0 Å². The SMILES string of the molecule is CCCN1C(=O)c2ccccc2N[C@H]1c1ccccc1Cl. The summed E-state index contributed by atoms with van der Waals surface area (Å²) in [7, 11) is 0. The number of amides is 1. The third-order valence-corrected chi connectivity index (χ3v) is 4.03. The molecule has 0 fully saturated rings. The second-order valence-electron chi connectivity index (χ2n) is 5.11. The molecule has 0 aliphatic carbocycles. The van der Waals surface area contributed by atoms with E-state index in [-0.39, 0.29) is 12.1 Å². The number of anilines is 1. The summed E-state index contributed by atoms with van der Waals surface area (Å²) in [6.45, 7) is 2.76. The van der Waals surface area contributed by atoms with E-state index in [1.165, 1.54) is 0 Å². The Kier molecular flexibility index (Phi) is 3.84. The van der Waals surface area contributed by atoms with Gasteiger partial charge in [-0.05, 0) is 24.6 Å². The number of hydrogen-bond donors (Lipinski definition) is 1. The van der Waals surface area contributed by atoms with Crippen molar-refractivity contribution >= 4 is 23.2 Å². The third-order valence-electron chi connectivity index (χ3n) is 3.69.